The number of anilines is 2. The van der Waals surface area contributed by atoms with Gasteiger partial charge >= 0.3 is 6.18 Å². The van der Waals surface area contributed by atoms with Crippen molar-refractivity contribution in [1.29, 1.82) is 5.26 Å². The van der Waals surface area contributed by atoms with E-state index in [-0.39, 0.29) is 10.8 Å². The van der Waals surface area contributed by atoms with Gasteiger partial charge < -0.3 is 5.32 Å². The summed E-state index contributed by atoms with van der Waals surface area (Å²) in [5.74, 6) is 0. The number of benzene rings is 1. The van der Waals surface area contributed by atoms with Gasteiger partial charge in [0.15, 0.2) is 0 Å². The molecular weight excluding hydrogens is 291 g/mol. The van der Waals surface area contributed by atoms with Crippen LogP contribution in [0.3, 0.4) is 0 Å². The number of nitriles is 1. The molecule has 0 aliphatic carbocycles. The number of hydrogen-bond donors (Lipinski definition) is 1. The number of hydrogen-bond acceptors (Lipinski definition) is 3. The van der Waals surface area contributed by atoms with Crippen LogP contribution in [0.4, 0.5) is 24.5 Å². The molecule has 0 radical (unpaired) electrons. The molecule has 0 atom stereocenters. The molecule has 1 heterocycles. The van der Waals surface area contributed by atoms with Gasteiger partial charge in [0.1, 0.15) is 5.15 Å². The van der Waals surface area contributed by atoms with Crippen molar-refractivity contribution in [3.63, 3.8) is 0 Å². The van der Waals surface area contributed by atoms with Gasteiger partial charge in [0.2, 0.25) is 0 Å². The maximum Gasteiger partial charge on any atom is 0.417 e. The quantitative estimate of drug-likeness (QED) is 0.837. The molecule has 0 saturated heterocycles. The first-order valence-electron chi connectivity index (χ1n) is 5.40. The van der Waals surface area contributed by atoms with Gasteiger partial charge in [0.25, 0.3) is 0 Å². The molecular formula is C13H7ClF3N3. The van der Waals surface area contributed by atoms with E-state index >= 15 is 0 Å². The van der Waals surface area contributed by atoms with Crippen molar-refractivity contribution >= 4 is 23.0 Å². The molecule has 3 nitrogen and oxygen atoms in total. The molecule has 0 aliphatic rings. The third-order valence-corrected chi connectivity index (χ3v) is 2.67. The predicted octanol–water partition coefficient (Wildman–Crippen LogP) is 4.37. The summed E-state index contributed by atoms with van der Waals surface area (Å²) in [4.78, 5) is 3.77. The number of nitrogens with zero attached hydrogens (tertiary/aromatic N) is 2. The van der Waals surface area contributed by atoms with E-state index in [0.29, 0.717) is 5.69 Å². The highest BCUT2D eigenvalue weighted by Gasteiger charge is 2.33. The lowest BCUT2D eigenvalue weighted by molar-refractivity contribution is -0.137. The zero-order valence-electron chi connectivity index (χ0n) is 9.87. The highest BCUT2D eigenvalue weighted by atomic mass is 35.5. The van der Waals surface area contributed by atoms with Crippen molar-refractivity contribution in [2.45, 2.75) is 6.18 Å². The Balaban J connectivity index is 2.37. The van der Waals surface area contributed by atoms with E-state index in [1.165, 1.54) is 24.4 Å². The Kier molecular flexibility index (Phi) is 3.81. The topological polar surface area (TPSA) is 48.7 Å². The Morgan fingerprint density at radius 3 is 2.45 bits per heavy atom. The van der Waals surface area contributed by atoms with Crippen molar-refractivity contribution in [3.05, 3.63) is 52.8 Å². The van der Waals surface area contributed by atoms with E-state index in [4.69, 9.17) is 16.9 Å². The Morgan fingerprint density at radius 2 is 1.85 bits per heavy atom. The van der Waals surface area contributed by atoms with E-state index in [2.05, 4.69) is 10.3 Å². The summed E-state index contributed by atoms with van der Waals surface area (Å²) in [5, 5.41) is 11.7. The minimum absolute atomic E-state index is 0.207. The molecule has 1 aromatic carbocycles. The zero-order valence-corrected chi connectivity index (χ0v) is 10.6. The first kappa shape index (κ1) is 14.2. The monoisotopic (exact) mass is 297 g/mol. The molecule has 0 unspecified atom stereocenters. The van der Waals surface area contributed by atoms with Gasteiger partial charge in [-0.15, -0.1) is 0 Å². The molecule has 7 heteroatoms. The third kappa shape index (κ3) is 3.19. The zero-order chi connectivity index (χ0) is 14.8. The van der Waals surface area contributed by atoms with E-state index in [9.17, 15) is 13.2 Å². The van der Waals surface area contributed by atoms with E-state index in [0.717, 1.165) is 12.1 Å². The molecule has 102 valence electrons. The summed E-state index contributed by atoms with van der Waals surface area (Å²) in [6.45, 7) is 0. The van der Waals surface area contributed by atoms with Crippen LogP contribution in [0, 0.1) is 11.3 Å². The van der Waals surface area contributed by atoms with Crippen LogP contribution in [-0.2, 0) is 6.18 Å². The number of rotatable bonds is 2. The van der Waals surface area contributed by atoms with Crippen molar-refractivity contribution in [2.24, 2.45) is 0 Å². The molecule has 0 amide bonds. The van der Waals surface area contributed by atoms with Gasteiger partial charge in [-0.3, -0.25) is 0 Å². The van der Waals surface area contributed by atoms with Gasteiger partial charge in [-0.25, -0.2) is 4.98 Å². The Labute approximate surface area is 117 Å². The van der Waals surface area contributed by atoms with Crippen LogP contribution in [0.5, 0.6) is 0 Å². The maximum atomic E-state index is 12.8. The number of pyridine rings is 1. The minimum Gasteiger partial charge on any atom is -0.355 e. The molecule has 1 aromatic heterocycles. The normalized spacial score (nSPS) is 10.9. The highest BCUT2D eigenvalue weighted by molar-refractivity contribution is 6.29. The summed E-state index contributed by atoms with van der Waals surface area (Å²) in [5.41, 5.74) is -0.692. The van der Waals surface area contributed by atoms with E-state index in [1.807, 2.05) is 0 Å². The van der Waals surface area contributed by atoms with Gasteiger partial charge in [-0.1, -0.05) is 11.6 Å². The van der Waals surface area contributed by atoms with E-state index in [1.54, 1.807) is 6.07 Å². The first-order valence-corrected chi connectivity index (χ1v) is 5.78. The summed E-state index contributed by atoms with van der Waals surface area (Å²) in [7, 11) is 0. The maximum absolute atomic E-state index is 12.8. The number of alkyl halides is 3. The molecule has 0 bridgehead atoms. The fourth-order valence-corrected chi connectivity index (χ4v) is 1.77. The largest absolute Gasteiger partial charge is 0.417 e. The molecule has 20 heavy (non-hydrogen) atoms. The summed E-state index contributed by atoms with van der Waals surface area (Å²) in [6.07, 6.45) is -3.16. The lowest BCUT2D eigenvalue weighted by Crippen LogP contribution is -2.08. The minimum atomic E-state index is -4.58. The fourth-order valence-electron chi connectivity index (χ4n) is 1.60. The molecule has 0 spiro atoms. The Hall–Kier alpha value is -2.26. The molecule has 0 fully saturated rings. The van der Waals surface area contributed by atoms with Gasteiger partial charge in [-0.05, 0) is 30.3 Å². The van der Waals surface area contributed by atoms with Crippen molar-refractivity contribution < 1.29 is 13.2 Å². The molecule has 2 aromatic rings. The number of aromatic nitrogens is 1. The molecule has 2 rings (SSSR count). The predicted molar refractivity (Wildman–Crippen MR) is 68.7 cm³/mol. The molecule has 0 aliphatic heterocycles. The fraction of sp³-hybridized carbons (Fsp3) is 0.0769. The van der Waals surface area contributed by atoms with Crippen LogP contribution >= 0.6 is 11.6 Å². The van der Waals surface area contributed by atoms with Crippen molar-refractivity contribution in [3.8, 4) is 6.07 Å². The second-order valence-electron chi connectivity index (χ2n) is 3.86. The Bertz CT molecular complexity index is 677. The highest BCUT2D eigenvalue weighted by Crippen LogP contribution is 2.34. The van der Waals surface area contributed by atoms with Crippen LogP contribution < -0.4 is 5.32 Å². The standard InChI is InChI=1S/C13H7ClF3N3/c14-12-6-10(3-4-19-12)20-9-2-1-8(7-18)11(5-9)13(15,16)17/h1-6H,(H,19,20). The van der Waals surface area contributed by atoms with E-state index < -0.39 is 17.3 Å². The lowest BCUT2D eigenvalue weighted by atomic mass is 10.1. The van der Waals surface area contributed by atoms with Crippen LogP contribution in [-0.4, -0.2) is 4.98 Å². The van der Waals surface area contributed by atoms with Crippen LogP contribution in [0.25, 0.3) is 0 Å². The summed E-state index contributed by atoms with van der Waals surface area (Å²) >= 11 is 5.69. The molecule has 0 saturated carbocycles. The SMILES string of the molecule is N#Cc1ccc(Nc2ccnc(Cl)c2)cc1C(F)(F)F. The lowest BCUT2D eigenvalue weighted by Gasteiger charge is -2.12. The summed E-state index contributed by atoms with van der Waals surface area (Å²) < 4.78 is 38.4. The van der Waals surface area contributed by atoms with Gasteiger partial charge in [0, 0.05) is 17.6 Å². The van der Waals surface area contributed by atoms with Crippen molar-refractivity contribution in [2.75, 3.05) is 5.32 Å². The average Bonchev–Trinajstić information content (AvgIpc) is 2.37. The Morgan fingerprint density at radius 1 is 1.15 bits per heavy atom. The first-order chi connectivity index (χ1) is 9.40. The number of halogens is 4. The van der Waals surface area contributed by atoms with Crippen LogP contribution in [0.2, 0.25) is 5.15 Å². The molecule has 1 N–H and O–H groups in total. The summed E-state index contributed by atoms with van der Waals surface area (Å²) in [6, 6.07) is 7.96. The second-order valence-corrected chi connectivity index (χ2v) is 4.25. The van der Waals surface area contributed by atoms with Gasteiger partial charge in [0.05, 0.1) is 17.2 Å². The average molecular weight is 298 g/mol. The second kappa shape index (κ2) is 5.39. The van der Waals surface area contributed by atoms with Crippen LogP contribution in [0.15, 0.2) is 36.5 Å². The third-order valence-electron chi connectivity index (χ3n) is 2.46. The smallest absolute Gasteiger partial charge is 0.355 e. The van der Waals surface area contributed by atoms with Crippen molar-refractivity contribution in [1.82, 2.24) is 4.98 Å². The van der Waals surface area contributed by atoms with Crippen LogP contribution in [0.1, 0.15) is 11.1 Å². The van der Waals surface area contributed by atoms with Gasteiger partial charge in [-0.2, -0.15) is 18.4 Å². The number of nitrogens with one attached hydrogen (secondary N) is 1.